The Balaban J connectivity index is 1.20. The molecule has 5 fully saturated rings. The molecule has 1 aliphatic heterocycles. The van der Waals surface area contributed by atoms with E-state index in [1.807, 2.05) is 27.7 Å². The van der Waals surface area contributed by atoms with Crippen molar-refractivity contribution in [1.82, 2.24) is 15.7 Å². The fourth-order valence-electron chi connectivity index (χ4n) is 13.4. The van der Waals surface area contributed by atoms with Crippen LogP contribution < -0.4 is 10.6 Å². The Kier molecular flexibility index (Phi) is 8.58. The molecule has 2 amide bonds. The minimum atomic E-state index is -0.635. The molecule has 0 bridgehead atoms. The molecule has 0 radical (unpaired) electrons. The highest BCUT2D eigenvalue weighted by Gasteiger charge is 2.70. The molecule has 8 heteroatoms. The van der Waals surface area contributed by atoms with E-state index >= 15 is 0 Å². The van der Waals surface area contributed by atoms with Gasteiger partial charge in [-0.2, -0.15) is 5.06 Å². The van der Waals surface area contributed by atoms with Gasteiger partial charge in [0.1, 0.15) is 0 Å². The summed E-state index contributed by atoms with van der Waals surface area (Å²) in [6, 6.07) is -0.0910. The maximum Gasteiger partial charge on any atom is 0.239 e. The van der Waals surface area contributed by atoms with Crippen LogP contribution in [-0.2, 0) is 14.4 Å². The minimum absolute atomic E-state index is 0.0329. The van der Waals surface area contributed by atoms with E-state index in [1.54, 1.807) is 0 Å². The standard InChI is InChI=1S/C41H67N3O5/c1-34(2)21-25(22-35(3,4)44(34)49)43-31(47)24-42-33(48)38(8)17-16-37(7)18-19-40(10)26(27(37)23-38)20-28(45)32-39(9)14-13-30(46)36(5,6)29(39)12-15-41(32,40)11/h20,25,27,29-30,32,46,49H,12-19,21-24H2,1-11H3,(H,42,48)(H,43,47)/t27-,29-,30-,32+,37+,38-,39-,40+,41+/m0/s1. The van der Waals surface area contributed by atoms with Crippen molar-refractivity contribution < 1.29 is 24.7 Å². The first kappa shape index (κ1) is 37.0. The molecule has 8 nitrogen and oxygen atoms in total. The third-order valence-corrected chi connectivity index (χ3v) is 16.5. The number of fused-ring (bicyclic) bond motifs is 7. The van der Waals surface area contributed by atoms with Crippen molar-refractivity contribution in [3.63, 3.8) is 0 Å². The van der Waals surface area contributed by atoms with Gasteiger partial charge in [-0.25, -0.2) is 0 Å². The monoisotopic (exact) mass is 682 g/mol. The second kappa shape index (κ2) is 11.4. The number of amides is 2. The van der Waals surface area contributed by atoms with Crippen molar-refractivity contribution in [2.24, 2.45) is 50.2 Å². The summed E-state index contributed by atoms with van der Waals surface area (Å²) in [5.41, 5.74) is -0.955. The maximum absolute atomic E-state index is 14.6. The molecule has 5 aliphatic carbocycles. The number of hydrogen-bond donors (Lipinski definition) is 4. The number of hydrogen-bond acceptors (Lipinski definition) is 6. The Bertz CT molecular complexity index is 1420. The lowest BCUT2D eigenvalue weighted by Crippen LogP contribution is -2.66. The Morgan fingerprint density at radius 1 is 0.837 bits per heavy atom. The van der Waals surface area contributed by atoms with Crippen LogP contribution in [0.1, 0.15) is 147 Å². The van der Waals surface area contributed by atoms with Gasteiger partial charge in [0.2, 0.25) is 11.8 Å². The molecule has 9 atom stereocenters. The summed E-state index contributed by atoms with van der Waals surface area (Å²) in [5.74, 6) is 0.359. The van der Waals surface area contributed by atoms with Gasteiger partial charge in [0.15, 0.2) is 5.78 Å². The van der Waals surface area contributed by atoms with Crippen LogP contribution in [0.25, 0.3) is 0 Å². The second-order valence-corrected chi connectivity index (χ2v) is 20.9. The third-order valence-electron chi connectivity index (χ3n) is 16.5. The van der Waals surface area contributed by atoms with Crippen LogP contribution in [0.15, 0.2) is 11.6 Å². The van der Waals surface area contributed by atoms with E-state index in [9.17, 15) is 24.7 Å². The lowest BCUT2D eigenvalue weighted by Gasteiger charge is -2.70. The SMILES string of the molecule is CC1(C)[C@@H](O)CC[C@]2(C)[C@H]3C(=O)C=C4[C@@H]5C[C@@](C)(C(=O)NCC(=O)NC6CC(C)(C)N(O)C(C)(C)C6)CC[C@]5(C)CC[C@@]4(C)[C@]3(C)CC[C@@H]12. The van der Waals surface area contributed by atoms with E-state index in [0.717, 1.165) is 51.4 Å². The quantitative estimate of drug-likeness (QED) is 0.255. The van der Waals surface area contributed by atoms with Crippen LogP contribution in [0.5, 0.6) is 0 Å². The Morgan fingerprint density at radius 2 is 1.45 bits per heavy atom. The lowest BCUT2D eigenvalue weighted by molar-refractivity contribution is -0.246. The summed E-state index contributed by atoms with van der Waals surface area (Å²) >= 11 is 0. The molecule has 0 aromatic heterocycles. The molecule has 6 aliphatic rings. The number of carbonyl (C=O) groups excluding carboxylic acids is 3. The normalized spacial score (nSPS) is 45.9. The summed E-state index contributed by atoms with van der Waals surface area (Å²) in [7, 11) is 0. The second-order valence-electron chi connectivity index (χ2n) is 20.9. The van der Waals surface area contributed by atoms with Crippen LogP contribution in [0.4, 0.5) is 0 Å². The zero-order valence-corrected chi connectivity index (χ0v) is 32.5. The summed E-state index contributed by atoms with van der Waals surface area (Å²) in [6.45, 7) is 23.9. The maximum atomic E-state index is 14.6. The lowest BCUT2D eigenvalue weighted by atomic mass is 9.33. The Labute approximate surface area is 295 Å². The Morgan fingerprint density at radius 3 is 2.08 bits per heavy atom. The van der Waals surface area contributed by atoms with Gasteiger partial charge < -0.3 is 20.9 Å². The predicted octanol–water partition coefficient (Wildman–Crippen LogP) is 6.97. The average Bonchev–Trinajstić information content (AvgIpc) is 2.98. The van der Waals surface area contributed by atoms with E-state index in [1.165, 1.54) is 10.6 Å². The van der Waals surface area contributed by atoms with E-state index in [2.05, 4.69) is 65.2 Å². The Hall–Kier alpha value is -1.77. The molecule has 0 spiro atoms. The summed E-state index contributed by atoms with van der Waals surface area (Å²) in [6.07, 6.45) is 11.1. The van der Waals surface area contributed by atoms with Crippen LogP contribution in [0.2, 0.25) is 0 Å². The molecular weight excluding hydrogens is 614 g/mol. The van der Waals surface area contributed by atoms with Crippen LogP contribution in [0.3, 0.4) is 0 Å². The van der Waals surface area contributed by atoms with Gasteiger partial charge in [-0.1, -0.05) is 54.0 Å². The summed E-state index contributed by atoms with van der Waals surface area (Å²) < 4.78 is 0. The van der Waals surface area contributed by atoms with Gasteiger partial charge in [0.25, 0.3) is 0 Å². The highest BCUT2D eigenvalue weighted by molar-refractivity contribution is 5.96. The third kappa shape index (κ3) is 5.42. The zero-order valence-electron chi connectivity index (χ0n) is 32.5. The molecule has 0 aromatic rings. The zero-order chi connectivity index (χ0) is 36.4. The van der Waals surface area contributed by atoms with Gasteiger partial charge in [-0.05, 0) is 143 Å². The number of carbonyl (C=O) groups is 3. The van der Waals surface area contributed by atoms with Crippen molar-refractivity contribution in [1.29, 1.82) is 0 Å². The van der Waals surface area contributed by atoms with Crippen molar-refractivity contribution >= 4 is 17.6 Å². The molecule has 276 valence electrons. The first-order valence-corrected chi connectivity index (χ1v) is 19.4. The number of piperidine rings is 1. The number of aliphatic hydroxyl groups excluding tert-OH is 1. The van der Waals surface area contributed by atoms with Gasteiger partial charge in [0.05, 0.1) is 12.6 Å². The molecule has 49 heavy (non-hydrogen) atoms. The average molecular weight is 682 g/mol. The first-order valence-electron chi connectivity index (χ1n) is 19.4. The number of allylic oxidation sites excluding steroid dienone is 2. The molecule has 1 heterocycles. The molecular formula is C41H67N3O5. The van der Waals surface area contributed by atoms with E-state index in [0.29, 0.717) is 25.2 Å². The molecule has 0 unspecified atom stereocenters. The van der Waals surface area contributed by atoms with Crippen molar-refractivity contribution in [3.05, 3.63) is 11.6 Å². The van der Waals surface area contributed by atoms with Crippen molar-refractivity contribution in [3.8, 4) is 0 Å². The van der Waals surface area contributed by atoms with Crippen LogP contribution in [-0.4, -0.2) is 62.7 Å². The van der Waals surface area contributed by atoms with E-state index in [4.69, 9.17) is 0 Å². The first-order chi connectivity index (χ1) is 22.4. The highest BCUT2D eigenvalue weighted by Crippen LogP contribution is 2.75. The fourth-order valence-corrected chi connectivity index (χ4v) is 13.4. The number of ketones is 1. The molecule has 0 aromatic carbocycles. The van der Waals surface area contributed by atoms with Crippen molar-refractivity contribution in [2.45, 2.75) is 170 Å². The number of nitrogens with zero attached hydrogens (tertiary/aromatic N) is 1. The van der Waals surface area contributed by atoms with Gasteiger partial charge in [-0.3, -0.25) is 14.4 Å². The smallest absolute Gasteiger partial charge is 0.239 e. The topological polar surface area (TPSA) is 119 Å². The predicted molar refractivity (Wildman–Crippen MR) is 191 cm³/mol. The molecule has 1 saturated heterocycles. The van der Waals surface area contributed by atoms with Gasteiger partial charge in [0, 0.05) is 28.5 Å². The molecule has 4 N–H and O–H groups in total. The van der Waals surface area contributed by atoms with E-state index in [-0.39, 0.29) is 75.2 Å². The van der Waals surface area contributed by atoms with Gasteiger partial charge in [-0.15, -0.1) is 0 Å². The highest BCUT2D eigenvalue weighted by atomic mass is 16.5. The van der Waals surface area contributed by atoms with Crippen LogP contribution in [0, 0.1) is 50.2 Å². The minimum Gasteiger partial charge on any atom is -0.393 e. The van der Waals surface area contributed by atoms with Crippen LogP contribution >= 0.6 is 0 Å². The largest absolute Gasteiger partial charge is 0.393 e. The van der Waals surface area contributed by atoms with Gasteiger partial charge >= 0.3 is 0 Å². The fraction of sp³-hybridized carbons (Fsp3) is 0.878. The number of hydroxylamine groups is 2. The number of rotatable bonds is 4. The van der Waals surface area contributed by atoms with Crippen molar-refractivity contribution in [2.75, 3.05) is 6.54 Å². The molecule has 6 rings (SSSR count). The number of aliphatic hydroxyl groups is 1. The molecule has 4 saturated carbocycles. The van der Waals surface area contributed by atoms with E-state index < -0.39 is 16.5 Å². The number of nitrogens with one attached hydrogen (secondary N) is 2. The summed E-state index contributed by atoms with van der Waals surface area (Å²) in [4.78, 5) is 41.7. The summed E-state index contributed by atoms with van der Waals surface area (Å²) in [5, 5.41) is 29.2.